The van der Waals surface area contributed by atoms with E-state index in [1.165, 1.54) is 7.11 Å². The summed E-state index contributed by atoms with van der Waals surface area (Å²) < 4.78 is 10.5. The molecule has 6 heteroatoms. The summed E-state index contributed by atoms with van der Waals surface area (Å²) in [6, 6.07) is 4.89. The van der Waals surface area contributed by atoms with Crippen molar-refractivity contribution in [2.75, 3.05) is 17.7 Å². The summed E-state index contributed by atoms with van der Waals surface area (Å²) in [5, 5.41) is 0. The number of imide groups is 1. The molecule has 2 unspecified atom stereocenters. The van der Waals surface area contributed by atoms with Crippen molar-refractivity contribution < 1.29 is 19.1 Å². The third kappa shape index (κ3) is 1.76. The molecule has 6 nitrogen and oxygen atoms in total. The van der Waals surface area contributed by atoms with Gasteiger partial charge in [-0.2, -0.15) is 0 Å². The number of methoxy groups -OCH3 is 1. The molecule has 2 saturated heterocycles. The maximum atomic E-state index is 12.2. The van der Waals surface area contributed by atoms with Crippen LogP contribution in [0.25, 0.3) is 0 Å². The van der Waals surface area contributed by atoms with Crippen molar-refractivity contribution >= 4 is 23.2 Å². The third-order valence-corrected chi connectivity index (χ3v) is 3.49. The van der Waals surface area contributed by atoms with Crippen LogP contribution in [0.2, 0.25) is 0 Å². The molecule has 0 aliphatic carbocycles. The van der Waals surface area contributed by atoms with E-state index in [1.54, 1.807) is 18.2 Å². The molecule has 2 N–H and O–H groups in total. The molecule has 100 valence electrons. The van der Waals surface area contributed by atoms with Gasteiger partial charge in [0.25, 0.3) is 11.8 Å². The van der Waals surface area contributed by atoms with Gasteiger partial charge in [0.05, 0.1) is 18.5 Å². The Labute approximate surface area is 110 Å². The number of benzene rings is 1. The Morgan fingerprint density at radius 1 is 1.26 bits per heavy atom. The molecule has 0 saturated carbocycles. The van der Waals surface area contributed by atoms with Crippen LogP contribution in [0.1, 0.15) is 12.8 Å². The van der Waals surface area contributed by atoms with Gasteiger partial charge in [-0.25, -0.2) is 4.90 Å². The van der Waals surface area contributed by atoms with E-state index >= 15 is 0 Å². The maximum Gasteiger partial charge on any atom is 0.263 e. The fraction of sp³-hybridized carbons (Fsp3) is 0.385. The van der Waals surface area contributed by atoms with Gasteiger partial charge in [-0.05, 0) is 25.0 Å². The van der Waals surface area contributed by atoms with Gasteiger partial charge in [-0.3, -0.25) is 9.59 Å². The maximum absolute atomic E-state index is 12.2. The number of nitrogen functional groups attached to an aromatic ring is 1. The smallest absolute Gasteiger partial charge is 0.263 e. The Morgan fingerprint density at radius 2 is 1.89 bits per heavy atom. The molecule has 2 aliphatic heterocycles. The first-order chi connectivity index (χ1) is 9.11. The number of rotatable bonds is 2. The number of amides is 2. The number of nitrogens with two attached hydrogens (primary N) is 1. The summed E-state index contributed by atoms with van der Waals surface area (Å²) in [5.41, 5.74) is 6.60. The molecule has 3 rings (SSSR count). The predicted octanol–water partition coefficient (Wildman–Crippen LogP) is 0.698. The zero-order valence-corrected chi connectivity index (χ0v) is 10.5. The van der Waals surface area contributed by atoms with E-state index in [-0.39, 0.29) is 11.8 Å². The number of carbonyl (C=O) groups excluding carboxylic acids is 2. The van der Waals surface area contributed by atoms with Crippen molar-refractivity contribution in [1.82, 2.24) is 0 Å². The van der Waals surface area contributed by atoms with E-state index in [1.807, 2.05) is 0 Å². The second-order valence-electron chi connectivity index (χ2n) is 4.63. The fourth-order valence-electron chi connectivity index (χ4n) is 2.48. The molecule has 2 atom stereocenters. The number of anilines is 2. The summed E-state index contributed by atoms with van der Waals surface area (Å²) in [7, 11) is 1.52. The van der Waals surface area contributed by atoms with Gasteiger partial charge in [-0.1, -0.05) is 0 Å². The molecule has 2 fully saturated rings. The Morgan fingerprint density at radius 3 is 2.47 bits per heavy atom. The number of hydrogen-bond donors (Lipinski definition) is 1. The number of nitrogens with zero attached hydrogens (tertiary/aromatic N) is 1. The average molecular weight is 262 g/mol. The molecule has 0 aromatic heterocycles. The van der Waals surface area contributed by atoms with Gasteiger partial charge in [-0.15, -0.1) is 0 Å². The largest absolute Gasteiger partial charge is 0.497 e. The Hall–Kier alpha value is -2.08. The zero-order chi connectivity index (χ0) is 13.6. The van der Waals surface area contributed by atoms with Crippen LogP contribution < -0.4 is 15.4 Å². The zero-order valence-electron chi connectivity index (χ0n) is 10.5. The molecular formula is C13H14N2O4. The highest BCUT2D eigenvalue weighted by Crippen LogP contribution is 2.35. The van der Waals surface area contributed by atoms with Gasteiger partial charge in [0.15, 0.2) is 0 Å². The van der Waals surface area contributed by atoms with Crippen LogP contribution in [0.3, 0.4) is 0 Å². The number of morpholine rings is 1. The fourth-order valence-corrected chi connectivity index (χ4v) is 2.48. The average Bonchev–Trinajstić information content (AvgIpc) is 2.86. The standard InChI is InChI=1S/C13H14N2O4/c1-18-7-2-3-8(14)9(6-7)15-12(16)10-4-5-11(19-10)13(15)17/h2-3,6,10-11H,4-5,14H2,1H3. The molecule has 2 aliphatic rings. The SMILES string of the molecule is COc1ccc(N)c(N2C(=O)C3CCC(O3)C2=O)c1. The molecule has 2 amide bonds. The highest BCUT2D eigenvalue weighted by Gasteiger charge is 2.47. The molecule has 19 heavy (non-hydrogen) atoms. The highest BCUT2D eigenvalue weighted by molar-refractivity contribution is 6.21. The van der Waals surface area contributed by atoms with Crippen LogP contribution in [-0.2, 0) is 14.3 Å². The summed E-state index contributed by atoms with van der Waals surface area (Å²) in [4.78, 5) is 25.6. The third-order valence-electron chi connectivity index (χ3n) is 3.49. The van der Waals surface area contributed by atoms with E-state index in [9.17, 15) is 9.59 Å². The van der Waals surface area contributed by atoms with Crippen molar-refractivity contribution in [3.05, 3.63) is 18.2 Å². The van der Waals surface area contributed by atoms with Crippen LogP contribution in [0.5, 0.6) is 5.75 Å². The van der Waals surface area contributed by atoms with Crippen LogP contribution >= 0.6 is 0 Å². The van der Waals surface area contributed by atoms with Crippen molar-refractivity contribution in [2.45, 2.75) is 25.0 Å². The normalized spacial score (nSPS) is 25.8. The van der Waals surface area contributed by atoms with Crippen LogP contribution in [-0.4, -0.2) is 31.1 Å². The van der Waals surface area contributed by atoms with E-state index in [0.29, 0.717) is 30.0 Å². The molecule has 1 aromatic rings. The summed E-state index contributed by atoms with van der Waals surface area (Å²) in [6.07, 6.45) is 0.0900. The number of ether oxygens (including phenoxy) is 2. The molecular weight excluding hydrogens is 248 g/mol. The quantitative estimate of drug-likeness (QED) is 0.626. The number of fused-ring (bicyclic) bond motifs is 2. The van der Waals surface area contributed by atoms with Gasteiger partial charge < -0.3 is 15.2 Å². The molecule has 0 radical (unpaired) electrons. The van der Waals surface area contributed by atoms with E-state index in [0.717, 1.165) is 4.90 Å². The van der Waals surface area contributed by atoms with E-state index in [4.69, 9.17) is 15.2 Å². The predicted molar refractivity (Wildman–Crippen MR) is 67.8 cm³/mol. The molecule has 2 heterocycles. The first-order valence-electron chi connectivity index (χ1n) is 6.08. The first kappa shape index (κ1) is 12.0. The summed E-state index contributed by atoms with van der Waals surface area (Å²) in [6.45, 7) is 0. The van der Waals surface area contributed by atoms with Crippen LogP contribution in [0.15, 0.2) is 18.2 Å². The lowest BCUT2D eigenvalue weighted by atomic mass is 10.2. The van der Waals surface area contributed by atoms with Crippen molar-refractivity contribution in [1.29, 1.82) is 0 Å². The van der Waals surface area contributed by atoms with Gasteiger partial charge in [0.2, 0.25) is 0 Å². The molecule has 0 spiro atoms. The minimum Gasteiger partial charge on any atom is -0.497 e. The lowest BCUT2D eigenvalue weighted by Gasteiger charge is -2.30. The second-order valence-corrected chi connectivity index (χ2v) is 4.63. The Kier molecular flexibility index (Phi) is 2.67. The molecule has 1 aromatic carbocycles. The van der Waals surface area contributed by atoms with E-state index in [2.05, 4.69) is 0 Å². The van der Waals surface area contributed by atoms with Gasteiger partial charge >= 0.3 is 0 Å². The number of hydrogen-bond acceptors (Lipinski definition) is 5. The van der Waals surface area contributed by atoms with Crippen molar-refractivity contribution in [3.63, 3.8) is 0 Å². The van der Waals surface area contributed by atoms with Crippen molar-refractivity contribution in [3.8, 4) is 5.75 Å². The van der Waals surface area contributed by atoms with Gasteiger partial charge in [0.1, 0.15) is 18.0 Å². The summed E-state index contributed by atoms with van der Waals surface area (Å²) >= 11 is 0. The number of carbonyl (C=O) groups is 2. The topological polar surface area (TPSA) is 81.9 Å². The Bertz CT molecular complexity index is 536. The lowest BCUT2D eigenvalue weighted by molar-refractivity contribution is -0.146. The lowest BCUT2D eigenvalue weighted by Crippen LogP contribution is -2.52. The van der Waals surface area contributed by atoms with Crippen molar-refractivity contribution in [2.24, 2.45) is 0 Å². The van der Waals surface area contributed by atoms with Crippen LogP contribution in [0, 0.1) is 0 Å². The minimum absolute atomic E-state index is 0.348. The van der Waals surface area contributed by atoms with E-state index < -0.39 is 12.2 Å². The van der Waals surface area contributed by atoms with Crippen LogP contribution in [0.4, 0.5) is 11.4 Å². The first-order valence-corrected chi connectivity index (χ1v) is 6.08. The monoisotopic (exact) mass is 262 g/mol. The second kappa shape index (κ2) is 4.24. The summed E-state index contributed by atoms with van der Waals surface area (Å²) in [5.74, 6) is -0.152. The molecule has 2 bridgehead atoms. The highest BCUT2D eigenvalue weighted by atomic mass is 16.5. The Balaban J connectivity index is 2.05. The minimum atomic E-state index is -0.534. The van der Waals surface area contributed by atoms with Gasteiger partial charge in [0, 0.05) is 6.07 Å².